The molecule has 1 aromatic carbocycles. The molecule has 3 aromatic rings. The number of amides is 1. The van der Waals surface area contributed by atoms with Crippen LogP contribution in [0.3, 0.4) is 0 Å². The molecule has 0 saturated carbocycles. The Kier molecular flexibility index (Phi) is 4.73. The highest BCUT2D eigenvalue weighted by Crippen LogP contribution is 2.17. The third kappa shape index (κ3) is 4.00. The molecular weight excluding hydrogens is 331 g/mol. The van der Waals surface area contributed by atoms with Crippen molar-refractivity contribution in [3.8, 4) is 17.3 Å². The van der Waals surface area contributed by atoms with E-state index in [9.17, 15) is 9.18 Å². The van der Waals surface area contributed by atoms with Crippen molar-refractivity contribution in [1.82, 2.24) is 20.6 Å². The zero-order chi connectivity index (χ0) is 17.8. The van der Waals surface area contributed by atoms with Crippen LogP contribution in [0.25, 0.3) is 11.5 Å². The maximum Gasteiger partial charge on any atom is 0.261 e. The van der Waals surface area contributed by atoms with Crippen molar-refractivity contribution in [3.05, 3.63) is 47.8 Å². The Hall–Kier alpha value is -3.23. The first-order valence-corrected chi connectivity index (χ1v) is 7.48. The molecule has 0 aliphatic carbocycles. The molecule has 0 radical (unpaired) electrons. The number of carbonyl (C=O) groups is 1. The fourth-order valence-corrected chi connectivity index (χ4v) is 1.99. The van der Waals surface area contributed by atoms with Gasteiger partial charge in [-0.25, -0.2) is 4.39 Å². The molecule has 0 fully saturated rings. The molecule has 3 rings (SSSR count). The zero-order valence-corrected chi connectivity index (χ0v) is 13.5. The minimum Gasteiger partial charge on any atom is -0.478 e. The summed E-state index contributed by atoms with van der Waals surface area (Å²) in [4.78, 5) is 16.1. The van der Waals surface area contributed by atoms with Gasteiger partial charge in [0, 0.05) is 6.07 Å². The molecule has 0 spiro atoms. The fraction of sp³-hybridized carbons (Fsp3) is 0.250. The number of aromatic nitrogens is 3. The second-order valence-corrected chi connectivity index (χ2v) is 5.24. The van der Waals surface area contributed by atoms with E-state index in [4.69, 9.17) is 13.8 Å². The van der Waals surface area contributed by atoms with Gasteiger partial charge in [-0.15, -0.1) is 0 Å². The van der Waals surface area contributed by atoms with Crippen LogP contribution in [-0.4, -0.2) is 27.3 Å². The monoisotopic (exact) mass is 346 g/mol. The van der Waals surface area contributed by atoms with Gasteiger partial charge in [-0.2, -0.15) is 4.98 Å². The average molecular weight is 346 g/mol. The molecule has 1 amide bonds. The van der Waals surface area contributed by atoms with Gasteiger partial charge >= 0.3 is 0 Å². The third-order valence-corrected chi connectivity index (χ3v) is 3.25. The number of hydrogen-bond donors (Lipinski definition) is 1. The van der Waals surface area contributed by atoms with Gasteiger partial charge in [0.25, 0.3) is 5.91 Å². The largest absolute Gasteiger partial charge is 0.478 e. The molecule has 25 heavy (non-hydrogen) atoms. The van der Waals surface area contributed by atoms with Crippen LogP contribution in [0, 0.1) is 12.7 Å². The maximum absolute atomic E-state index is 13.5. The van der Waals surface area contributed by atoms with Crippen LogP contribution in [0.4, 0.5) is 4.39 Å². The lowest BCUT2D eigenvalue weighted by atomic mass is 10.3. The van der Waals surface area contributed by atoms with E-state index < -0.39 is 17.8 Å². The van der Waals surface area contributed by atoms with Crippen LogP contribution in [0.15, 0.2) is 39.4 Å². The Morgan fingerprint density at radius 3 is 2.84 bits per heavy atom. The van der Waals surface area contributed by atoms with Crippen molar-refractivity contribution in [2.45, 2.75) is 26.5 Å². The van der Waals surface area contributed by atoms with Gasteiger partial charge < -0.3 is 19.1 Å². The van der Waals surface area contributed by atoms with Crippen LogP contribution >= 0.6 is 0 Å². The first kappa shape index (κ1) is 16.6. The molecule has 2 heterocycles. The number of benzene rings is 1. The Balaban J connectivity index is 1.55. The molecule has 0 bridgehead atoms. The first-order valence-electron chi connectivity index (χ1n) is 7.48. The van der Waals surface area contributed by atoms with Crippen LogP contribution in [-0.2, 0) is 11.3 Å². The minimum absolute atomic E-state index is 0.00614. The van der Waals surface area contributed by atoms with E-state index in [0.717, 1.165) is 0 Å². The number of rotatable bonds is 6. The Bertz CT molecular complexity index is 876. The smallest absolute Gasteiger partial charge is 0.261 e. The van der Waals surface area contributed by atoms with Crippen LogP contribution in [0.1, 0.15) is 18.6 Å². The summed E-state index contributed by atoms with van der Waals surface area (Å²) in [6.07, 6.45) is -0.891. The lowest BCUT2D eigenvalue weighted by Gasteiger charge is -2.14. The van der Waals surface area contributed by atoms with E-state index in [1.165, 1.54) is 25.1 Å². The summed E-state index contributed by atoms with van der Waals surface area (Å²) in [5, 5.41) is 10.1. The predicted octanol–water partition coefficient (Wildman–Crippen LogP) is 2.26. The van der Waals surface area contributed by atoms with Gasteiger partial charge in [-0.05, 0) is 26.0 Å². The minimum atomic E-state index is -0.891. The van der Waals surface area contributed by atoms with Gasteiger partial charge in [0.1, 0.15) is 5.76 Å². The van der Waals surface area contributed by atoms with Gasteiger partial charge in [0.05, 0.1) is 6.54 Å². The lowest BCUT2D eigenvalue weighted by molar-refractivity contribution is -0.127. The number of ether oxygens (including phenoxy) is 1. The molecule has 0 aliphatic rings. The standard InChI is InChI=1S/C16H15FN4O4/c1-9-7-12(20-24-9)15-19-14(25-21-15)8-18-16(22)10(2)23-13-6-4-3-5-11(13)17/h3-7,10H,8H2,1-2H3,(H,18,22)/t10-/m1/s1. The molecule has 9 heteroatoms. The topological polar surface area (TPSA) is 103 Å². The molecule has 130 valence electrons. The summed E-state index contributed by atoms with van der Waals surface area (Å²) >= 11 is 0. The van der Waals surface area contributed by atoms with Gasteiger partial charge in [-0.3, -0.25) is 4.79 Å². The Morgan fingerprint density at radius 2 is 2.12 bits per heavy atom. The van der Waals surface area contributed by atoms with E-state index in [2.05, 4.69) is 20.6 Å². The molecule has 2 aromatic heterocycles. The van der Waals surface area contributed by atoms with E-state index in [1.54, 1.807) is 19.1 Å². The summed E-state index contributed by atoms with van der Waals surface area (Å²) in [6.45, 7) is 3.27. The van der Waals surface area contributed by atoms with Crippen LogP contribution < -0.4 is 10.1 Å². The van der Waals surface area contributed by atoms with Crippen molar-refractivity contribution in [3.63, 3.8) is 0 Å². The molecule has 8 nitrogen and oxygen atoms in total. The molecular formula is C16H15FN4O4. The lowest BCUT2D eigenvalue weighted by Crippen LogP contribution is -2.36. The highest BCUT2D eigenvalue weighted by atomic mass is 19.1. The molecule has 0 aliphatic heterocycles. The van der Waals surface area contributed by atoms with Crippen molar-refractivity contribution in [2.24, 2.45) is 0 Å². The van der Waals surface area contributed by atoms with Crippen molar-refractivity contribution >= 4 is 5.91 Å². The van der Waals surface area contributed by atoms with Crippen LogP contribution in [0.2, 0.25) is 0 Å². The number of nitrogens with one attached hydrogen (secondary N) is 1. The normalized spacial score (nSPS) is 12.0. The van der Waals surface area contributed by atoms with Crippen LogP contribution in [0.5, 0.6) is 5.75 Å². The van der Waals surface area contributed by atoms with Gasteiger partial charge in [0.2, 0.25) is 11.7 Å². The summed E-state index contributed by atoms with van der Waals surface area (Å²) in [5.74, 6) is 0.103. The van der Waals surface area contributed by atoms with Crippen molar-refractivity contribution < 1.29 is 23.0 Å². The molecule has 0 unspecified atom stereocenters. The third-order valence-electron chi connectivity index (χ3n) is 3.25. The fourth-order valence-electron chi connectivity index (χ4n) is 1.99. The second-order valence-electron chi connectivity index (χ2n) is 5.24. The van der Waals surface area contributed by atoms with E-state index in [-0.39, 0.29) is 24.0 Å². The molecule has 0 saturated heterocycles. The second kappa shape index (κ2) is 7.12. The number of hydrogen-bond acceptors (Lipinski definition) is 7. The van der Waals surface area contributed by atoms with E-state index in [1.807, 2.05) is 0 Å². The quantitative estimate of drug-likeness (QED) is 0.730. The molecule has 1 atom stereocenters. The SMILES string of the molecule is Cc1cc(-c2noc(CNC(=O)[C@@H](C)Oc3ccccc3F)n2)no1. The maximum atomic E-state index is 13.5. The highest BCUT2D eigenvalue weighted by Gasteiger charge is 2.18. The van der Waals surface area contributed by atoms with E-state index in [0.29, 0.717) is 11.5 Å². The van der Waals surface area contributed by atoms with E-state index >= 15 is 0 Å². The highest BCUT2D eigenvalue weighted by molar-refractivity contribution is 5.80. The number of halogens is 1. The summed E-state index contributed by atoms with van der Waals surface area (Å²) in [6, 6.07) is 7.53. The van der Waals surface area contributed by atoms with Gasteiger partial charge in [-0.1, -0.05) is 22.4 Å². The summed E-state index contributed by atoms with van der Waals surface area (Å²) in [7, 11) is 0. The summed E-state index contributed by atoms with van der Waals surface area (Å²) < 4.78 is 28.8. The molecule has 1 N–H and O–H groups in total. The number of nitrogens with zero attached hydrogens (tertiary/aromatic N) is 3. The van der Waals surface area contributed by atoms with Gasteiger partial charge in [0.15, 0.2) is 23.4 Å². The number of para-hydroxylation sites is 1. The Labute approximate surface area is 142 Å². The van der Waals surface area contributed by atoms with Crippen molar-refractivity contribution in [1.29, 1.82) is 0 Å². The predicted molar refractivity (Wildman–Crippen MR) is 82.9 cm³/mol. The first-order chi connectivity index (χ1) is 12.0. The number of carbonyl (C=O) groups excluding carboxylic acids is 1. The average Bonchev–Trinajstić information content (AvgIpc) is 3.23. The zero-order valence-electron chi connectivity index (χ0n) is 13.5. The Morgan fingerprint density at radius 1 is 1.32 bits per heavy atom. The summed E-state index contributed by atoms with van der Waals surface area (Å²) in [5.41, 5.74) is 0.440. The van der Waals surface area contributed by atoms with Crippen molar-refractivity contribution in [2.75, 3.05) is 0 Å². The number of aryl methyl sites for hydroxylation is 1.